The summed E-state index contributed by atoms with van der Waals surface area (Å²) < 4.78 is 10.8. The van der Waals surface area contributed by atoms with Gasteiger partial charge in [-0.15, -0.1) is 0 Å². The van der Waals surface area contributed by atoms with E-state index < -0.39 is 0 Å². The molecule has 162 valence electrons. The molecule has 6 nitrogen and oxygen atoms in total. The molecule has 1 aromatic rings. The SMILES string of the molecule is CC(C)OCCOCCNC(=O)c1ccc(N2CCC(C(=O)C(C)C)CC2)cc1. The van der Waals surface area contributed by atoms with Gasteiger partial charge < -0.3 is 19.7 Å². The summed E-state index contributed by atoms with van der Waals surface area (Å²) in [5.74, 6) is 0.589. The molecule has 1 heterocycles. The van der Waals surface area contributed by atoms with Crippen LogP contribution in [-0.4, -0.2) is 57.2 Å². The molecule has 1 aliphatic rings. The molecular formula is C23H36N2O4. The van der Waals surface area contributed by atoms with Crippen molar-refractivity contribution in [3.8, 4) is 0 Å². The highest BCUT2D eigenvalue weighted by atomic mass is 16.5. The number of ether oxygens (including phenoxy) is 2. The number of anilines is 1. The molecule has 1 amide bonds. The fourth-order valence-electron chi connectivity index (χ4n) is 3.50. The fourth-order valence-corrected chi connectivity index (χ4v) is 3.50. The average Bonchev–Trinajstić information content (AvgIpc) is 2.72. The molecular weight excluding hydrogens is 368 g/mol. The van der Waals surface area contributed by atoms with Gasteiger partial charge in [0.05, 0.1) is 25.9 Å². The molecule has 0 bridgehead atoms. The third-order valence-corrected chi connectivity index (χ3v) is 5.17. The maximum atomic E-state index is 12.2. The van der Waals surface area contributed by atoms with Gasteiger partial charge in [0, 0.05) is 42.7 Å². The largest absolute Gasteiger partial charge is 0.377 e. The molecule has 1 aromatic carbocycles. The number of nitrogens with one attached hydrogen (secondary N) is 1. The number of nitrogens with zero attached hydrogens (tertiary/aromatic N) is 1. The lowest BCUT2D eigenvalue weighted by atomic mass is 9.87. The Labute approximate surface area is 174 Å². The standard InChI is InChI=1S/C23H36N2O4/c1-17(2)22(26)19-9-12-25(13-10-19)21-7-5-20(6-8-21)23(27)24-11-14-28-15-16-29-18(3)4/h5-8,17-19H,9-16H2,1-4H3,(H,24,27). The smallest absolute Gasteiger partial charge is 0.251 e. The van der Waals surface area contributed by atoms with Gasteiger partial charge in [0.25, 0.3) is 5.91 Å². The Bertz CT molecular complexity index is 635. The molecule has 0 unspecified atom stereocenters. The Morgan fingerprint density at radius 2 is 1.69 bits per heavy atom. The van der Waals surface area contributed by atoms with Crippen molar-refractivity contribution in [3.63, 3.8) is 0 Å². The molecule has 1 N–H and O–H groups in total. The molecule has 1 fully saturated rings. The first-order chi connectivity index (χ1) is 13.9. The maximum Gasteiger partial charge on any atom is 0.251 e. The highest BCUT2D eigenvalue weighted by Gasteiger charge is 2.26. The van der Waals surface area contributed by atoms with E-state index in [-0.39, 0.29) is 23.8 Å². The molecule has 1 aliphatic heterocycles. The highest BCUT2D eigenvalue weighted by molar-refractivity contribution is 5.94. The van der Waals surface area contributed by atoms with Crippen molar-refractivity contribution in [2.45, 2.75) is 46.6 Å². The van der Waals surface area contributed by atoms with Crippen LogP contribution >= 0.6 is 0 Å². The summed E-state index contributed by atoms with van der Waals surface area (Å²) in [6.45, 7) is 11.7. The Kier molecular flexibility index (Phi) is 9.61. The van der Waals surface area contributed by atoms with Crippen LogP contribution in [0.1, 0.15) is 50.9 Å². The maximum absolute atomic E-state index is 12.2. The fraction of sp³-hybridized carbons (Fsp3) is 0.652. The zero-order chi connectivity index (χ0) is 21.2. The van der Waals surface area contributed by atoms with Gasteiger partial charge in [-0.2, -0.15) is 0 Å². The first-order valence-corrected chi connectivity index (χ1v) is 10.7. The first-order valence-electron chi connectivity index (χ1n) is 10.7. The van der Waals surface area contributed by atoms with Gasteiger partial charge in [0.2, 0.25) is 0 Å². The van der Waals surface area contributed by atoms with Gasteiger partial charge in [-0.05, 0) is 51.0 Å². The second kappa shape index (κ2) is 11.9. The summed E-state index contributed by atoms with van der Waals surface area (Å²) >= 11 is 0. The van der Waals surface area contributed by atoms with E-state index in [2.05, 4.69) is 10.2 Å². The lowest BCUT2D eigenvalue weighted by molar-refractivity contribution is -0.126. The van der Waals surface area contributed by atoms with Crippen LogP contribution in [0, 0.1) is 11.8 Å². The van der Waals surface area contributed by atoms with Crippen molar-refractivity contribution in [3.05, 3.63) is 29.8 Å². The minimum Gasteiger partial charge on any atom is -0.377 e. The van der Waals surface area contributed by atoms with Gasteiger partial charge in [-0.3, -0.25) is 9.59 Å². The molecule has 1 saturated heterocycles. The number of carbonyl (C=O) groups excluding carboxylic acids is 2. The highest BCUT2D eigenvalue weighted by Crippen LogP contribution is 2.25. The quantitative estimate of drug-likeness (QED) is 0.573. The summed E-state index contributed by atoms with van der Waals surface area (Å²) in [6.07, 6.45) is 2.01. The Morgan fingerprint density at radius 3 is 2.28 bits per heavy atom. The summed E-state index contributed by atoms with van der Waals surface area (Å²) in [5.41, 5.74) is 1.74. The van der Waals surface area contributed by atoms with E-state index in [1.165, 1.54) is 0 Å². The minimum atomic E-state index is -0.0974. The van der Waals surface area contributed by atoms with Crippen molar-refractivity contribution in [1.29, 1.82) is 0 Å². The van der Waals surface area contributed by atoms with Crippen molar-refractivity contribution in [1.82, 2.24) is 5.32 Å². The second-order valence-electron chi connectivity index (χ2n) is 8.15. The van der Waals surface area contributed by atoms with Crippen LogP contribution < -0.4 is 10.2 Å². The number of carbonyl (C=O) groups is 2. The van der Waals surface area contributed by atoms with Crippen LogP contribution in [0.3, 0.4) is 0 Å². The molecule has 0 aromatic heterocycles. The molecule has 0 saturated carbocycles. The van der Waals surface area contributed by atoms with E-state index in [1.54, 1.807) is 0 Å². The third-order valence-electron chi connectivity index (χ3n) is 5.17. The monoisotopic (exact) mass is 404 g/mol. The van der Waals surface area contributed by atoms with Gasteiger partial charge in [-0.1, -0.05) is 13.8 Å². The van der Waals surface area contributed by atoms with Crippen molar-refractivity contribution >= 4 is 17.4 Å². The van der Waals surface area contributed by atoms with Gasteiger partial charge in [0.1, 0.15) is 5.78 Å². The number of hydrogen-bond acceptors (Lipinski definition) is 5. The van der Waals surface area contributed by atoms with Crippen LogP contribution in [0.25, 0.3) is 0 Å². The molecule has 0 aliphatic carbocycles. The number of hydrogen-bond donors (Lipinski definition) is 1. The molecule has 2 rings (SSSR count). The molecule has 0 spiro atoms. The lowest BCUT2D eigenvalue weighted by Crippen LogP contribution is -2.37. The number of piperidine rings is 1. The van der Waals surface area contributed by atoms with E-state index in [4.69, 9.17) is 9.47 Å². The van der Waals surface area contributed by atoms with Crippen LogP contribution in [0.5, 0.6) is 0 Å². The predicted octanol–water partition coefficient (Wildman–Crippen LogP) is 3.30. The third kappa shape index (κ3) is 7.78. The molecule has 6 heteroatoms. The Morgan fingerprint density at radius 1 is 1.03 bits per heavy atom. The summed E-state index contributed by atoms with van der Waals surface area (Å²) in [5, 5.41) is 2.87. The van der Waals surface area contributed by atoms with E-state index >= 15 is 0 Å². The number of benzene rings is 1. The van der Waals surface area contributed by atoms with E-state index in [9.17, 15) is 9.59 Å². The van der Waals surface area contributed by atoms with Gasteiger partial charge >= 0.3 is 0 Å². The van der Waals surface area contributed by atoms with E-state index in [0.29, 0.717) is 37.7 Å². The topological polar surface area (TPSA) is 67.9 Å². The normalized spacial score (nSPS) is 15.2. The number of ketones is 1. The second-order valence-corrected chi connectivity index (χ2v) is 8.15. The van der Waals surface area contributed by atoms with E-state index in [0.717, 1.165) is 31.6 Å². The average molecular weight is 405 g/mol. The lowest BCUT2D eigenvalue weighted by Gasteiger charge is -2.33. The van der Waals surface area contributed by atoms with Crippen LogP contribution in [0.15, 0.2) is 24.3 Å². The summed E-state index contributed by atoms with van der Waals surface area (Å²) in [7, 11) is 0. The van der Waals surface area contributed by atoms with Crippen molar-refractivity contribution < 1.29 is 19.1 Å². The van der Waals surface area contributed by atoms with Gasteiger partial charge in [0.15, 0.2) is 0 Å². The zero-order valence-corrected chi connectivity index (χ0v) is 18.3. The molecule has 0 radical (unpaired) electrons. The van der Waals surface area contributed by atoms with Crippen LogP contribution in [-0.2, 0) is 14.3 Å². The van der Waals surface area contributed by atoms with Crippen molar-refractivity contribution in [2.24, 2.45) is 11.8 Å². The first kappa shape index (κ1) is 23.4. The van der Waals surface area contributed by atoms with Crippen LogP contribution in [0.2, 0.25) is 0 Å². The molecule has 0 atom stereocenters. The predicted molar refractivity (Wildman–Crippen MR) is 115 cm³/mol. The van der Waals surface area contributed by atoms with Crippen LogP contribution in [0.4, 0.5) is 5.69 Å². The summed E-state index contributed by atoms with van der Waals surface area (Å²) in [4.78, 5) is 26.7. The van der Waals surface area contributed by atoms with Gasteiger partial charge in [-0.25, -0.2) is 0 Å². The number of amides is 1. The zero-order valence-electron chi connectivity index (χ0n) is 18.3. The van der Waals surface area contributed by atoms with Crippen molar-refractivity contribution in [2.75, 3.05) is 44.4 Å². The summed E-state index contributed by atoms with van der Waals surface area (Å²) in [6, 6.07) is 7.68. The minimum absolute atomic E-state index is 0.0974. The Hall–Kier alpha value is -1.92. The van der Waals surface area contributed by atoms with E-state index in [1.807, 2.05) is 52.0 Å². The number of Topliss-reactive ketones (excluding diaryl/α,β-unsaturated/α-hetero) is 1. The number of rotatable bonds is 11. The molecule has 29 heavy (non-hydrogen) atoms. The Balaban J connectivity index is 1.70.